The second-order valence-electron chi connectivity index (χ2n) is 7.71. The fourth-order valence-corrected chi connectivity index (χ4v) is 3.98. The Bertz CT molecular complexity index is 1100. The van der Waals surface area contributed by atoms with Gasteiger partial charge in [0.15, 0.2) is 5.76 Å². The Labute approximate surface area is 175 Å². The predicted octanol–water partition coefficient (Wildman–Crippen LogP) is 4.15. The SMILES string of the molecule is Cc1ccc(C2C(c3cccc(O)c3)=C(O)C(=O)N2CCCn2ccnc2)cc1C. The van der Waals surface area contributed by atoms with E-state index < -0.39 is 6.04 Å². The van der Waals surface area contributed by atoms with Gasteiger partial charge in [0, 0.05) is 31.1 Å². The number of carbonyl (C=O) groups is 1. The number of amides is 1. The molecule has 1 atom stereocenters. The third-order valence-corrected chi connectivity index (χ3v) is 5.68. The van der Waals surface area contributed by atoms with Crippen LogP contribution in [0, 0.1) is 13.8 Å². The number of phenols is 1. The summed E-state index contributed by atoms with van der Waals surface area (Å²) in [4.78, 5) is 18.8. The van der Waals surface area contributed by atoms with E-state index in [1.54, 1.807) is 35.6 Å². The Balaban J connectivity index is 1.71. The molecule has 1 aromatic heterocycles. The fourth-order valence-electron chi connectivity index (χ4n) is 3.98. The van der Waals surface area contributed by atoms with Crippen LogP contribution in [0.5, 0.6) is 5.75 Å². The van der Waals surface area contributed by atoms with Crippen molar-refractivity contribution in [3.8, 4) is 5.75 Å². The van der Waals surface area contributed by atoms with E-state index in [-0.39, 0.29) is 17.4 Å². The van der Waals surface area contributed by atoms with Crippen molar-refractivity contribution in [1.29, 1.82) is 0 Å². The first-order chi connectivity index (χ1) is 14.5. The lowest BCUT2D eigenvalue weighted by molar-refractivity contribution is -0.129. The van der Waals surface area contributed by atoms with Gasteiger partial charge in [-0.2, -0.15) is 0 Å². The normalized spacial score (nSPS) is 16.5. The summed E-state index contributed by atoms with van der Waals surface area (Å²) in [6.45, 7) is 5.30. The van der Waals surface area contributed by atoms with Gasteiger partial charge in [0.25, 0.3) is 5.91 Å². The minimum atomic E-state index is -0.415. The number of aliphatic hydroxyl groups is 1. The van der Waals surface area contributed by atoms with Crippen LogP contribution < -0.4 is 0 Å². The summed E-state index contributed by atoms with van der Waals surface area (Å²) >= 11 is 0. The van der Waals surface area contributed by atoms with Gasteiger partial charge in [-0.1, -0.05) is 30.3 Å². The number of carbonyl (C=O) groups excluding carboxylic acids is 1. The number of aromatic hydroxyl groups is 1. The summed E-state index contributed by atoms with van der Waals surface area (Å²) in [5, 5.41) is 20.8. The molecule has 0 radical (unpaired) electrons. The van der Waals surface area contributed by atoms with E-state index in [4.69, 9.17) is 0 Å². The monoisotopic (exact) mass is 403 g/mol. The number of aromatic nitrogens is 2. The van der Waals surface area contributed by atoms with Crippen molar-refractivity contribution in [3.05, 3.63) is 89.2 Å². The summed E-state index contributed by atoms with van der Waals surface area (Å²) in [7, 11) is 0. The van der Waals surface area contributed by atoms with E-state index >= 15 is 0 Å². The molecule has 3 aromatic rings. The van der Waals surface area contributed by atoms with Crippen molar-refractivity contribution < 1.29 is 15.0 Å². The molecule has 1 unspecified atom stereocenters. The van der Waals surface area contributed by atoms with Crippen LogP contribution in [0.15, 0.2) is 66.9 Å². The molecular formula is C24H25N3O3. The lowest BCUT2D eigenvalue weighted by Gasteiger charge is -2.28. The molecule has 30 heavy (non-hydrogen) atoms. The maximum Gasteiger partial charge on any atom is 0.289 e. The molecular weight excluding hydrogens is 378 g/mol. The van der Waals surface area contributed by atoms with Gasteiger partial charge in [-0.3, -0.25) is 4.79 Å². The van der Waals surface area contributed by atoms with Gasteiger partial charge in [-0.15, -0.1) is 0 Å². The number of aliphatic hydroxyl groups excluding tert-OH is 1. The second kappa shape index (κ2) is 8.06. The van der Waals surface area contributed by atoms with Crippen molar-refractivity contribution >= 4 is 11.5 Å². The van der Waals surface area contributed by atoms with Crippen molar-refractivity contribution in [2.24, 2.45) is 0 Å². The molecule has 0 aliphatic carbocycles. The average Bonchev–Trinajstić information content (AvgIpc) is 3.32. The smallest absolute Gasteiger partial charge is 0.289 e. The molecule has 6 nitrogen and oxygen atoms in total. The summed E-state index contributed by atoms with van der Waals surface area (Å²) in [5.74, 6) is -0.550. The van der Waals surface area contributed by atoms with Gasteiger partial charge in [0.2, 0.25) is 0 Å². The minimum absolute atomic E-state index is 0.0950. The molecule has 1 aliphatic heterocycles. The molecule has 1 amide bonds. The second-order valence-corrected chi connectivity index (χ2v) is 7.71. The van der Waals surface area contributed by atoms with Gasteiger partial charge >= 0.3 is 0 Å². The van der Waals surface area contributed by atoms with Gasteiger partial charge in [-0.25, -0.2) is 4.98 Å². The summed E-state index contributed by atoms with van der Waals surface area (Å²) in [6.07, 6.45) is 6.09. The lowest BCUT2D eigenvalue weighted by Crippen LogP contribution is -2.32. The van der Waals surface area contributed by atoms with Crippen LogP contribution >= 0.6 is 0 Å². The van der Waals surface area contributed by atoms with Gasteiger partial charge < -0.3 is 19.7 Å². The Morgan fingerprint density at radius 2 is 1.87 bits per heavy atom. The molecule has 6 heteroatoms. The van der Waals surface area contributed by atoms with E-state index in [0.29, 0.717) is 17.7 Å². The number of benzene rings is 2. The van der Waals surface area contributed by atoms with E-state index in [1.165, 1.54) is 5.56 Å². The van der Waals surface area contributed by atoms with Crippen LogP contribution in [-0.4, -0.2) is 37.1 Å². The standard InChI is InChI=1S/C24H25N3O3/c1-16-7-8-19(13-17(16)2)22-21(18-5-3-6-20(28)14-18)23(29)24(30)27(22)11-4-10-26-12-9-25-15-26/h3,5-9,12-15,22,28-29H,4,10-11H2,1-2H3. The van der Waals surface area contributed by atoms with Crippen molar-refractivity contribution in [1.82, 2.24) is 14.5 Å². The number of hydrogen-bond acceptors (Lipinski definition) is 4. The molecule has 2 N–H and O–H groups in total. The van der Waals surface area contributed by atoms with E-state index in [9.17, 15) is 15.0 Å². The molecule has 4 rings (SSSR count). The van der Waals surface area contributed by atoms with E-state index in [2.05, 4.69) is 11.1 Å². The van der Waals surface area contributed by atoms with Gasteiger partial charge in [0.05, 0.1) is 12.4 Å². The molecule has 154 valence electrons. The number of phenolic OH excluding ortho intramolecular Hbond substituents is 1. The van der Waals surface area contributed by atoms with Crippen molar-refractivity contribution in [3.63, 3.8) is 0 Å². The van der Waals surface area contributed by atoms with Crippen molar-refractivity contribution in [2.75, 3.05) is 6.54 Å². The molecule has 2 aromatic carbocycles. The van der Waals surface area contributed by atoms with Crippen LogP contribution in [0.1, 0.15) is 34.7 Å². The highest BCUT2D eigenvalue weighted by molar-refractivity contribution is 6.05. The van der Waals surface area contributed by atoms with E-state index in [0.717, 1.165) is 24.1 Å². The molecule has 0 spiro atoms. The number of imidazole rings is 1. The topological polar surface area (TPSA) is 78.6 Å². The quantitative estimate of drug-likeness (QED) is 0.648. The number of aryl methyl sites for hydroxylation is 3. The van der Waals surface area contributed by atoms with Crippen LogP contribution in [0.4, 0.5) is 0 Å². The summed E-state index contributed by atoms with van der Waals surface area (Å²) in [6, 6.07) is 12.4. The fraction of sp³-hybridized carbons (Fsp3) is 0.250. The predicted molar refractivity (Wildman–Crippen MR) is 115 cm³/mol. The number of nitrogens with zero attached hydrogens (tertiary/aromatic N) is 3. The summed E-state index contributed by atoms with van der Waals surface area (Å²) < 4.78 is 1.97. The van der Waals surface area contributed by atoms with Crippen LogP contribution in [-0.2, 0) is 11.3 Å². The third-order valence-electron chi connectivity index (χ3n) is 5.68. The maximum absolute atomic E-state index is 13.0. The first kappa shape index (κ1) is 19.8. The lowest BCUT2D eigenvalue weighted by atomic mass is 9.91. The molecule has 0 bridgehead atoms. The highest BCUT2D eigenvalue weighted by Gasteiger charge is 2.40. The molecule has 0 fully saturated rings. The Kier molecular flexibility index (Phi) is 5.31. The minimum Gasteiger partial charge on any atom is -0.508 e. The number of hydrogen-bond donors (Lipinski definition) is 2. The zero-order valence-corrected chi connectivity index (χ0v) is 17.1. The van der Waals surface area contributed by atoms with Gasteiger partial charge in [0.1, 0.15) is 5.75 Å². The summed E-state index contributed by atoms with van der Waals surface area (Å²) in [5.41, 5.74) is 4.40. The molecule has 0 saturated carbocycles. The number of rotatable bonds is 6. The Hall–Kier alpha value is -3.54. The largest absolute Gasteiger partial charge is 0.508 e. The molecule has 0 saturated heterocycles. The Morgan fingerprint density at radius 3 is 2.57 bits per heavy atom. The van der Waals surface area contributed by atoms with Crippen LogP contribution in [0.2, 0.25) is 0 Å². The maximum atomic E-state index is 13.0. The first-order valence-corrected chi connectivity index (χ1v) is 10.0. The highest BCUT2D eigenvalue weighted by Crippen LogP contribution is 2.43. The van der Waals surface area contributed by atoms with E-state index in [1.807, 2.05) is 42.8 Å². The average molecular weight is 403 g/mol. The first-order valence-electron chi connectivity index (χ1n) is 10.0. The highest BCUT2D eigenvalue weighted by atomic mass is 16.3. The van der Waals surface area contributed by atoms with Crippen LogP contribution in [0.25, 0.3) is 5.57 Å². The third kappa shape index (κ3) is 3.68. The van der Waals surface area contributed by atoms with Crippen molar-refractivity contribution in [2.45, 2.75) is 32.9 Å². The molecule has 1 aliphatic rings. The zero-order chi connectivity index (χ0) is 21.3. The Morgan fingerprint density at radius 1 is 1.03 bits per heavy atom. The van der Waals surface area contributed by atoms with Crippen LogP contribution in [0.3, 0.4) is 0 Å². The zero-order valence-electron chi connectivity index (χ0n) is 17.1. The van der Waals surface area contributed by atoms with Gasteiger partial charge in [-0.05, 0) is 54.7 Å². The molecule has 2 heterocycles.